The lowest BCUT2D eigenvalue weighted by molar-refractivity contribution is -0.0921. The molecule has 3 atom stereocenters. The molecule has 112 valence electrons. The summed E-state index contributed by atoms with van der Waals surface area (Å²) in [7, 11) is -2.96. The molecule has 0 amide bonds. The molecule has 1 N–H and O–H groups in total. The third-order valence-corrected chi connectivity index (χ3v) is 6.88. The molecular formula is C15H28O3S. The van der Waals surface area contributed by atoms with Gasteiger partial charge in [-0.15, -0.1) is 0 Å². The average Bonchev–Trinajstić information content (AvgIpc) is 2.26. The van der Waals surface area contributed by atoms with E-state index in [4.69, 9.17) is 0 Å². The molecule has 19 heavy (non-hydrogen) atoms. The predicted octanol–water partition coefficient (Wildman–Crippen LogP) is 2.92. The van der Waals surface area contributed by atoms with Gasteiger partial charge in [0.05, 0.1) is 10.9 Å². The lowest BCUT2D eigenvalue weighted by Crippen LogP contribution is -2.48. The molecule has 4 heteroatoms. The second kappa shape index (κ2) is 5.03. The number of hydrogen-bond donors (Lipinski definition) is 1. The Morgan fingerprint density at radius 3 is 2.37 bits per heavy atom. The van der Waals surface area contributed by atoms with Crippen LogP contribution >= 0.6 is 0 Å². The minimum Gasteiger partial charge on any atom is -0.390 e. The molecule has 2 fully saturated rings. The Labute approximate surface area is 117 Å². The highest BCUT2D eigenvalue weighted by molar-refractivity contribution is 7.91. The fraction of sp³-hybridized carbons (Fsp3) is 1.00. The largest absolute Gasteiger partial charge is 0.390 e. The van der Waals surface area contributed by atoms with E-state index in [0.29, 0.717) is 6.42 Å². The molecule has 0 aliphatic heterocycles. The Kier molecular flexibility index (Phi) is 4.05. The normalized spacial score (nSPS) is 40.0. The van der Waals surface area contributed by atoms with Crippen molar-refractivity contribution in [1.29, 1.82) is 0 Å². The maximum Gasteiger partial charge on any atom is 0.150 e. The zero-order chi connectivity index (χ0) is 14.3. The van der Waals surface area contributed by atoms with E-state index in [1.54, 1.807) is 0 Å². The van der Waals surface area contributed by atoms with E-state index in [1.165, 1.54) is 6.26 Å². The van der Waals surface area contributed by atoms with E-state index < -0.39 is 15.4 Å². The van der Waals surface area contributed by atoms with E-state index >= 15 is 0 Å². The van der Waals surface area contributed by atoms with Gasteiger partial charge in [0.15, 0.2) is 0 Å². The summed E-state index contributed by atoms with van der Waals surface area (Å²) in [4.78, 5) is 0. The molecule has 2 rings (SSSR count). The molecule has 0 heterocycles. The molecule has 0 aromatic rings. The van der Waals surface area contributed by atoms with Crippen LogP contribution in [0.1, 0.15) is 65.2 Å². The first-order valence-corrected chi connectivity index (χ1v) is 9.49. The minimum absolute atomic E-state index is 0.167. The van der Waals surface area contributed by atoms with Gasteiger partial charge < -0.3 is 5.11 Å². The fourth-order valence-electron chi connectivity index (χ4n) is 4.25. The van der Waals surface area contributed by atoms with Crippen LogP contribution in [0.3, 0.4) is 0 Å². The molecule has 2 saturated carbocycles. The molecule has 0 aromatic heterocycles. The Morgan fingerprint density at radius 2 is 1.79 bits per heavy atom. The lowest BCUT2D eigenvalue weighted by Gasteiger charge is -2.48. The lowest BCUT2D eigenvalue weighted by atomic mass is 9.62. The van der Waals surface area contributed by atoms with Gasteiger partial charge in [0, 0.05) is 6.26 Å². The highest BCUT2D eigenvalue weighted by Crippen LogP contribution is 2.48. The maximum absolute atomic E-state index is 11.8. The molecule has 3 nitrogen and oxygen atoms in total. The van der Waals surface area contributed by atoms with Crippen molar-refractivity contribution in [1.82, 2.24) is 0 Å². The van der Waals surface area contributed by atoms with Crippen molar-refractivity contribution in [3.63, 3.8) is 0 Å². The van der Waals surface area contributed by atoms with E-state index in [9.17, 15) is 13.5 Å². The summed E-state index contributed by atoms with van der Waals surface area (Å²) in [5.74, 6) is 0.167. The number of sulfone groups is 1. The summed E-state index contributed by atoms with van der Waals surface area (Å²) in [5, 5.41) is 10.8. The number of aliphatic hydroxyl groups is 1. The zero-order valence-corrected chi connectivity index (χ0v) is 13.3. The van der Waals surface area contributed by atoms with Crippen molar-refractivity contribution in [2.45, 2.75) is 76.1 Å². The summed E-state index contributed by atoms with van der Waals surface area (Å²) in [6.07, 6.45) is 8.58. The summed E-state index contributed by atoms with van der Waals surface area (Å²) >= 11 is 0. The van der Waals surface area contributed by atoms with Crippen LogP contribution in [-0.2, 0) is 9.84 Å². The number of rotatable bonds is 2. The molecule has 0 aromatic carbocycles. The Hall–Kier alpha value is -0.0900. The molecule has 0 bridgehead atoms. The van der Waals surface area contributed by atoms with E-state index in [0.717, 1.165) is 44.9 Å². The van der Waals surface area contributed by atoms with Gasteiger partial charge in [0.2, 0.25) is 0 Å². The first kappa shape index (κ1) is 15.3. The first-order valence-electron chi connectivity index (χ1n) is 7.54. The molecule has 3 unspecified atom stereocenters. The quantitative estimate of drug-likeness (QED) is 0.850. The SMILES string of the molecule is CC1(C)CCCC(O)(C2CCCC(S(C)(=O)=O)C2)C1. The van der Waals surface area contributed by atoms with Crippen LogP contribution in [0.15, 0.2) is 0 Å². The van der Waals surface area contributed by atoms with Crippen LogP contribution in [0.2, 0.25) is 0 Å². The van der Waals surface area contributed by atoms with Gasteiger partial charge in [0.1, 0.15) is 9.84 Å². The predicted molar refractivity (Wildman–Crippen MR) is 77.8 cm³/mol. The first-order chi connectivity index (χ1) is 8.62. The second-order valence-electron chi connectivity index (χ2n) is 7.61. The van der Waals surface area contributed by atoms with Gasteiger partial charge in [-0.3, -0.25) is 0 Å². The molecular weight excluding hydrogens is 260 g/mol. The van der Waals surface area contributed by atoms with Gasteiger partial charge in [-0.05, 0) is 49.9 Å². The molecule has 2 aliphatic rings. The summed E-state index contributed by atoms with van der Waals surface area (Å²) in [5.41, 5.74) is -0.448. The highest BCUT2D eigenvalue weighted by Gasteiger charge is 2.46. The highest BCUT2D eigenvalue weighted by atomic mass is 32.2. The Bertz CT molecular complexity index is 427. The molecule has 0 radical (unpaired) electrons. The second-order valence-corrected chi connectivity index (χ2v) is 9.94. The third kappa shape index (κ3) is 3.52. The van der Waals surface area contributed by atoms with Gasteiger partial charge in [-0.2, -0.15) is 0 Å². The van der Waals surface area contributed by atoms with Crippen LogP contribution in [0, 0.1) is 11.3 Å². The van der Waals surface area contributed by atoms with Crippen molar-refractivity contribution in [2.24, 2.45) is 11.3 Å². The van der Waals surface area contributed by atoms with E-state index in [1.807, 2.05) is 0 Å². The minimum atomic E-state index is -2.96. The standard InChI is InChI=1S/C15H28O3S/c1-14(2)8-5-9-15(16,11-14)12-6-4-7-13(10-12)19(3,17)18/h12-13,16H,4-11H2,1-3H3. The van der Waals surface area contributed by atoms with Crippen molar-refractivity contribution < 1.29 is 13.5 Å². The van der Waals surface area contributed by atoms with Gasteiger partial charge >= 0.3 is 0 Å². The number of hydrogen-bond acceptors (Lipinski definition) is 3. The van der Waals surface area contributed by atoms with E-state index in [-0.39, 0.29) is 16.6 Å². The zero-order valence-electron chi connectivity index (χ0n) is 12.5. The van der Waals surface area contributed by atoms with Gasteiger partial charge in [-0.25, -0.2) is 8.42 Å². The summed E-state index contributed by atoms with van der Waals surface area (Å²) < 4.78 is 23.5. The summed E-state index contributed by atoms with van der Waals surface area (Å²) in [6.45, 7) is 4.43. The topological polar surface area (TPSA) is 54.4 Å². The maximum atomic E-state index is 11.8. The molecule has 2 aliphatic carbocycles. The Morgan fingerprint density at radius 1 is 1.11 bits per heavy atom. The van der Waals surface area contributed by atoms with Crippen molar-refractivity contribution >= 4 is 9.84 Å². The third-order valence-electron chi connectivity index (χ3n) is 5.24. The van der Waals surface area contributed by atoms with Crippen LogP contribution in [-0.4, -0.2) is 30.6 Å². The molecule has 0 spiro atoms. The van der Waals surface area contributed by atoms with Crippen LogP contribution in [0.25, 0.3) is 0 Å². The van der Waals surface area contributed by atoms with Crippen LogP contribution in [0.5, 0.6) is 0 Å². The van der Waals surface area contributed by atoms with Crippen molar-refractivity contribution in [2.75, 3.05) is 6.26 Å². The molecule has 0 saturated heterocycles. The average molecular weight is 288 g/mol. The monoisotopic (exact) mass is 288 g/mol. The van der Waals surface area contributed by atoms with Gasteiger partial charge in [-0.1, -0.05) is 26.7 Å². The summed E-state index contributed by atoms with van der Waals surface area (Å²) in [6, 6.07) is 0. The Balaban J connectivity index is 2.12. The van der Waals surface area contributed by atoms with Gasteiger partial charge in [0.25, 0.3) is 0 Å². The smallest absolute Gasteiger partial charge is 0.150 e. The van der Waals surface area contributed by atoms with Crippen LogP contribution < -0.4 is 0 Å². The van der Waals surface area contributed by atoms with Crippen molar-refractivity contribution in [3.05, 3.63) is 0 Å². The fourth-order valence-corrected chi connectivity index (χ4v) is 5.43. The van der Waals surface area contributed by atoms with Crippen LogP contribution in [0.4, 0.5) is 0 Å². The van der Waals surface area contributed by atoms with E-state index in [2.05, 4.69) is 13.8 Å². The van der Waals surface area contributed by atoms with Crippen molar-refractivity contribution in [3.8, 4) is 0 Å².